The van der Waals surface area contributed by atoms with Gasteiger partial charge in [-0.05, 0) is 42.0 Å². The van der Waals surface area contributed by atoms with Crippen molar-refractivity contribution in [1.82, 2.24) is 5.32 Å². The van der Waals surface area contributed by atoms with Gasteiger partial charge in [-0.25, -0.2) is 9.59 Å². The number of esters is 1. The maximum absolute atomic E-state index is 12.1. The third-order valence-corrected chi connectivity index (χ3v) is 4.13. The molecule has 6 heteroatoms. The van der Waals surface area contributed by atoms with E-state index in [9.17, 15) is 9.59 Å². The summed E-state index contributed by atoms with van der Waals surface area (Å²) in [4.78, 5) is 23.5. The van der Waals surface area contributed by atoms with Crippen LogP contribution in [0.15, 0.2) is 48.5 Å². The lowest BCUT2D eigenvalue weighted by atomic mass is 9.84. The number of amides is 2. The lowest BCUT2D eigenvalue weighted by Crippen LogP contribution is -2.38. The third kappa shape index (κ3) is 4.99. The highest BCUT2D eigenvalue weighted by molar-refractivity contribution is 5.92. The molecular formula is C20H24N2O4. The summed E-state index contributed by atoms with van der Waals surface area (Å²) in [6.07, 6.45) is 0. The number of rotatable bonds is 6. The van der Waals surface area contributed by atoms with Gasteiger partial charge in [0.2, 0.25) is 0 Å². The fourth-order valence-electron chi connectivity index (χ4n) is 2.43. The molecule has 0 saturated heterocycles. The van der Waals surface area contributed by atoms with Crippen molar-refractivity contribution in [2.24, 2.45) is 0 Å². The van der Waals surface area contributed by atoms with E-state index in [4.69, 9.17) is 4.74 Å². The minimum absolute atomic E-state index is 0.238. The number of hydrogen-bond acceptors (Lipinski definition) is 4. The van der Waals surface area contributed by atoms with Gasteiger partial charge in [0.15, 0.2) is 0 Å². The van der Waals surface area contributed by atoms with E-state index in [-0.39, 0.29) is 11.4 Å². The van der Waals surface area contributed by atoms with Crippen LogP contribution in [0, 0.1) is 0 Å². The Morgan fingerprint density at radius 1 is 0.962 bits per heavy atom. The van der Waals surface area contributed by atoms with Crippen LogP contribution in [0.1, 0.15) is 29.8 Å². The molecule has 0 aliphatic heterocycles. The van der Waals surface area contributed by atoms with Crippen LogP contribution in [0.25, 0.3) is 0 Å². The molecule has 0 aromatic heterocycles. The number of urea groups is 1. The molecule has 0 spiro atoms. The predicted molar refractivity (Wildman–Crippen MR) is 101 cm³/mol. The molecule has 2 rings (SSSR count). The average Bonchev–Trinajstić information content (AvgIpc) is 2.66. The summed E-state index contributed by atoms with van der Waals surface area (Å²) in [6, 6.07) is 14.0. The minimum atomic E-state index is -0.415. The van der Waals surface area contributed by atoms with Gasteiger partial charge in [0.25, 0.3) is 0 Å². The van der Waals surface area contributed by atoms with E-state index >= 15 is 0 Å². The molecule has 2 aromatic rings. The molecule has 6 nitrogen and oxygen atoms in total. The van der Waals surface area contributed by atoms with Crippen LogP contribution in [0.2, 0.25) is 0 Å². The minimum Gasteiger partial charge on any atom is -0.497 e. The first-order chi connectivity index (χ1) is 12.4. The molecule has 0 fully saturated rings. The summed E-state index contributed by atoms with van der Waals surface area (Å²) in [5.41, 5.74) is 1.88. The lowest BCUT2D eigenvalue weighted by molar-refractivity contribution is 0.0600. The van der Waals surface area contributed by atoms with Crippen LogP contribution in [-0.4, -0.2) is 32.8 Å². The molecule has 2 N–H and O–H groups in total. The zero-order valence-electron chi connectivity index (χ0n) is 15.5. The SMILES string of the molecule is COC(=O)c1ccc(NC(=O)NCC(C)(C)c2ccc(OC)cc2)cc1. The molecule has 0 aliphatic rings. The van der Waals surface area contributed by atoms with E-state index in [1.54, 1.807) is 31.4 Å². The highest BCUT2D eigenvalue weighted by Crippen LogP contribution is 2.24. The van der Waals surface area contributed by atoms with Crippen molar-refractivity contribution in [2.75, 3.05) is 26.1 Å². The van der Waals surface area contributed by atoms with Crippen LogP contribution in [0.3, 0.4) is 0 Å². The average molecular weight is 356 g/mol. The smallest absolute Gasteiger partial charge is 0.337 e. The number of hydrogen-bond donors (Lipinski definition) is 2. The Kier molecular flexibility index (Phi) is 6.22. The van der Waals surface area contributed by atoms with Gasteiger partial charge in [0.05, 0.1) is 19.8 Å². The van der Waals surface area contributed by atoms with Crippen molar-refractivity contribution in [3.8, 4) is 5.75 Å². The van der Waals surface area contributed by atoms with Crippen molar-refractivity contribution >= 4 is 17.7 Å². The van der Waals surface area contributed by atoms with Crippen LogP contribution < -0.4 is 15.4 Å². The van der Waals surface area contributed by atoms with Crippen molar-refractivity contribution in [1.29, 1.82) is 0 Å². The normalized spacial score (nSPS) is 10.8. The van der Waals surface area contributed by atoms with Gasteiger partial charge in [-0.3, -0.25) is 0 Å². The summed E-state index contributed by atoms with van der Waals surface area (Å²) in [6.45, 7) is 4.58. The van der Waals surface area contributed by atoms with Crippen molar-refractivity contribution in [2.45, 2.75) is 19.3 Å². The monoisotopic (exact) mass is 356 g/mol. The quantitative estimate of drug-likeness (QED) is 0.776. The molecule has 0 heterocycles. The maximum Gasteiger partial charge on any atom is 0.337 e. The second-order valence-electron chi connectivity index (χ2n) is 6.49. The number of carbonyl (C=O) groups is 2. The number of methoxy groups -OCH3 is 2. The molecule has 0 radical (unpaired) electrons. The standard InChI is InChI=1S/C20H24N2O4/c1-20(2,15-7-11-17(25-3)12-8-15)13-21-19(24)22-16-9-5-14(6-10-16)18(23)26-4/h5-12H,13H2,1-4H3,(H2,21,22,24). The molecule has 2 aromatic carbocycles. The number of anilines is 1. The maximum atomic E-state index is 12.1. The molecule has 138 valence electrons. The van der Waals surface area contributed by atoms with Crippen LogP contribution >= 0.6 is 0 Å². The van der Waals surface area contributed by atoms with Crippen LogP contribution in [0.5, 0.6) is 5.75 Å². The largest absolute Gasteiger partial charge is 0.497 e. The highest BCUT2D eigenvalue weighted by atomic mass is 16.5. The first-order valence-corrected chi connectivity index (χ1v) is 8.23. The number of benzene rings is 2. The number of ether oxygens (including phenoxy) is 2. The number of nitrogens with one attached hydrogen (secondary N) is 2. The zero-order chi connectivity index (χ0) is 19.2. The Labute approximate surface area is 153 Å². The van der Waals surface area contributed by atoms with E-state index in [0.29, 0.717) is 17.8 Å². The molecule has 0 atom stereocenters. The summed E-state index contributed by atoms with van der Waals surface area (Å²) in [5.74, 6) is 0.382. The van der Waals surface area contributed by atoms with Gasteiger partial charge in [0, 0.05) is 17.6 Å². The summed E-state index contributed by atoms with van der Waals surface area (Å²) < 4.78 is 9.81. The summed E-state index contributed by atoms with van der Waals surface area (Å²) in [5, 5.41) is 5.62. The second-order valence-corrected chi connectivity index (χ2v) is 6.49. The Hall–Kier alpha value is -3.02. The van der Waals surface area contributed by atoms with Crippen molar-refractivity contribution in [3.05, 3.63) is 59.7 Å². The van der Waals surface area contributed by atoms with Gasteiger partial charge < -0.3 is 20.1 Å². The van der Waals surface area contributed by atoms with E-state index in [2.05, 4.69) is 29.2 Å². The van der Waals surface area contributed by atoms with Gasteiger partial charge in [-0.15, -0.1) is 0 Å². The molecule has 0 aliphatic carbocycles. The lowest BCUT2D eigenvalue weighted by Gasteiger charge is -2.26. The Balaban J connectivity index is 1.91. The van der Waals surface area contributed by atoms with Gasteiger partial charge in [0.1, 0.15) is 5.75 Å². The van der Waals surface area contributed by atoms with E-state index < -0.39 is 5.97 Å². The second kappa shape index (κ2) is 8.38. The Bertz CT molecular complexity index is 752. The molecule has 0 bridgehead atoms. The topological polar surface area (TPSA) is 76.7 Å². The van der Waals surface area contributed by atoms with E-state index in [1.165, 1.54) is 7.11 Å². The molecule has 0 saturated carbocycles. The molecule has 26 heavy (non-hydrogen) atoms. The van der Waals surface area contributed by atoms with E-state index in [0.717, 1.165) is 11.3 Å². The van der Waals surface area contributed by atoms with Crippen LogP contribution in [0.4, 0.5) is 10.5 Å². The Morgan fingerprint density at radius 2 is 1.58 bits per heavy atom. The van der Waals surface area contributed by atoms with Crippen LogP contribution in [-0.2, 0) is 10.2 Å². The van der Waals surface area contributed by atoms with E-state index in [1.807, 2.05) is 24.3 Å². The molecule has 2 amide bonds. The summed E-state index contributed by atoms with van der Waals surface area (Å²) >= 11 is 0. The zero-order valence-corrected chi connectivity index (χ0v) is 15.5. The van der Waals surface area contributed by atoms with Gasteiger partial charge in [-0.1, -0.05) is 26.0 Å². The van der Waals surface area contributed by atoms with Crippen molar-refractivity contribution < 1.29 is 19.1 Å². The first-order valence-electron chi connectivity index (χ1n) is 8.23. The number of carbonyl (C=O) groups excluding carboxylic acids is 2. The Morgan fingerprint density at radius 3 is 2.12 bits per heavy atom. The fraction of sp³-hybridized carbons (Fsp3) is 0.300. The molecule has 0 unspecified atom stereocenters. The first kappa shape index (κ1) is 19.3. The van der Waals surface area contributed by atoms with Crippen molar-refractivity contribution in [3.63, 3.8) is 0 Å². The van der Waals surface area contributed by atoms with Gasteiger partial charge >= 0.3 is 12.0 Å². The fourth-order valence-corrected chi connectivity index (χ4v) is 2.43. The molecular weight excluding hydrogens is 332 g/mol. The van der Waals surface area contributed by atoms with Gasteiger partial charge in [-0.2, -0.15) is 0 Å². The highest BCUT2D eigenvalue weighted by Gasteiger charge is 2.21. The summed E-state index contributed by atoms with van der Waals surface area (Å²) in [7, 11) is 2.95. The predicted octanol–water partition coefficient (Wildman–Crippen LogP) is 3.58. The third-order valence-electron chi connectivity index (χ3n) is 4.13.